The van der Waals surface area contributed by atoms with Crippen LogP contribution in [-0.2, 0) is 27.2 Å². The normalized spacial score (nSPS) is 16.6. The Kier molecular flexibility index (Phi) is 9.50. The molecule has 6 heterocycles. The molecule has 2 fully saturated rings. The van der Waals surface area contributed by atoms with Crippen LogP contribution in [0.3, 0.4) is 0 Å². The molecule has 2 aliphatic heterocycles. The lowest BCUT2D eigenvalue weighted by atomic mass is 9.83. The molecule has 0 radical (unpaired) electrons. The van der Waals surface area contributed by atoms with Crippen molar-refractivity contribution in [3.8, 4) is 11.5 Å². The first-order valence-electron chi connectivity index (χ1n) is 21.1. The van der Waals surface area contributed by atoms with Crippen molar-refractivity contribution in [1.82, 2.24) is 18.9 Å². The van der Waals surface area contributed by atoms with Gasteiger partial charge in [-0.25, -0.2) is 9.13 Å². The van der Waals surface area contributed by atoms with Gasteiger partial charge in [0.15, 0.2) is 37.9 Å². The molecular formula is C49H56N6O2+2. The van der Waals surface area contributed by atoms with Gasteiger partial charge in [-0.15, -0.1) is 0 Å². The Hall–Kier alpha value is -5.18. The molecule has 0 atom stereocenters. The number of aromatic nitrogens is 4. The van der Waals surface area contributed by atoms with E-state index >= 15 is 0 Å². The average Bonchev–Trinajstić information content (AvgIpc) is 3.72. The highest BCUT2D eigenvalue weighted by molar-refractivity contribution is 6.21. The second-order valence-electron chi connectivity index (χ2n) is 17.0. The van der Waals surface area contributed by atoms with Gasteiger partial charge in [0.25, 0.3) is 0 Å². The van der Waals surface area contributed by atoms with E-state index in [-0.39, 0.29) is 0 Å². The van der Waals surface area contributed by atoms with Crippen molar-refractivity contribution in [3.63, 3.8) is 0 Å². The van der Waals surface area contributed by atoms with Crippen LogP contribution in [0.2, 0.25) is 0 Å². The summed E-state index contributed by atoms with van der Waals surface area (Å²) < 4.78 is 20.6. The molecule has 8 nitrogen and oxygen atoms in total. The number of nitrogens with zero attached hydrogens (tertiary/aromatic N) is 6. The standard InChI is InChI=1S/C49H56N6O2/c1-50-44-11-7-38(56-3)30-40(44)48-42-32-54(23-17-36(42)5-9-46(48)50)27-25-52-19-13-34(14-20-52)29-35-15-21-53(22-16-35)26-28-55-24-18-37-6-10-47-49(43(37)33-55)41-31-39(57-4)8-12-45(41)51(47)2/h5-12,17-18,23-24,30-35H,13-16,19-22,25-29H2,1-4H3/q+2. The third kappa shape index (κ3) is 6.66. The molecule has 0 aliphatic carbocycles. The fraction of sp³-hybridized carbons (Fsp3) is 0.388. The van der Waals surface area contributed by atoms with Gasteiger partial charge in [-0.2, -0.15) is 0 Å². The van der Waals surface area contributed by atoms with E-state index in [1.165, 1.54) is 123 Å². The Morgan fingerprint density at radius 1 is 0.526 bits per heavy atom. The van der Waals surface area contributed by atoms with Gasteiger partial charge in [0.2, 0.25) is 0 Å². The second kappa shape index (κ2) is 15.0. The van der Waals surface area contributed by atoms with Crippen molar-refractivity contribution < 1.29 is 18.6 Å². The van der Waals surface area contributed by atoms with Gasteiger partial charge < -0.3 is 18.6 Å². The van der Waals surface area contributed by atoms with Crippen LogP contribution >= 0.6 is 0 Å². The number of benzene rings is 4. The molecule has 0 amide bonds. The fourth-order valence-corrected chi connectivity index (χ4v) is 10.4. The molecule has 292 valence electrons. The van der Waals surface area contributed by atoms with E-state index in [0.29, 0.717) is 0 Å². The van der Waals surface area contributed by atoms with E-state index in [1.54, 1.807) is 14.2 Å². The van der Waals surface area contributed by atoms with Crippen molar-refractivity contribution in [3.05, 3.63) is 97.6 Å². The summed E-state index contributed by atoms with van der Waals surface area (Å²) in [5.41, 5.74) is 5.01. The molecule has 0 unspecified atom stereocenters. The Balaban J connectivity index is 0.717. The number of hydrogen-bond donors (Lipinski definition) is 0. The highest BCUT2D eigenvalue weighted by atomic mass is 16.5. The summed E-state index contributed by atoms with van der Waals surface area (Å²) in [5, 5.41) is 10.4. The molecule has 0 bridgehead atoms. The van der Waals surface area contributed by atoms with Crippen molar-refractivity contribution in [2.75, 3.05) is 53.5 Å². The summed E-state index contributed by atoms with van der Waals surface area (Å²) >= 11 is 0. The SMILES string of the molecule is COc1ccc2c(c1)c1c3c[n+](CCN4CCC(CC5CCN(CC[n+]6ccc7ccc8c(c7c6)c6cc(OC)ccc6n8C)CC5)CC4)ccc3ccc1n2C. The first-order valence-corrected chi connectivity index (χ1v) is 21.1. The number of rotatable bonds is 10. The second-order valence-corrected chi connectivity index (χ2v) is 17.0. The highest BCUT2D eigenvalue weighted by Gasteiger charge is 2.26. The van der Waals surface area contributed by atoms with E-state index in [0.717, 1.165) is 49.5 Å². The fourth-order valence-electron chi connectivity index (χ4n) is 10.4. The third-order valence-corrected chi connectivity index (χ3v) is 13.8. The van der Waals surface area contributed by atoms with E-state index < -0.39 is 0 Å². The van der Waals surface area contributed by atoms with E-state index in [9.17, 15) is 0 Å². The largest absolute Gasteiger partial charge is 0.497 e. The number of piperidine rings is 2. The summed E-state index contributed by atoms with van der Waals surface area (Å²) in [6, 6.07) is 26.5. The molecule has 8 heteroatoms. The van der Waals surface area contributed by atoms with Crippen LogP contribution in [0, 0.1) is 11.8 Å². The minimum Gasteiger partial charge on any atom is -0.497 e. The van der Waals surface area contributed by atoms with Gasteiger partial charge in [-0.1, -0.05) is 12.1 Å². The first kappa shape index (κ1) is 36.2. The molecular weight excluding hydrogens is 705 g/mol. The number of fused-ring (bicyclic) bond motifs is 10. The summed E-state index contributed by atoms with van der Waals surface area (Å²) in [6.07, 6.45) is 16.1. The lowest BCUT2D eigenvalue weighted by Gasteiger charge is -2.36. The zero-order chi connectivity index (χ0) is 38.6. The molecule has 8 aromatic rings. The topological polar surface area (TPSA) is 42.6 Å². The van der Waals surface area contributed by atoms with Gasteiger partial charge in [0.05, 0.1) is 38.1 Å². The molecule has 57 heavy (non-hydrogen) atoms. The maximum atomic E-state index is 5.61. The maximum Gasteiger partial charge on any atom is 0.177 e. The van der Waals surface area contributed by atoms with Crippen molar-refractivity contribution in [2.24, 2.45) is 25.9 Å². The number of ether oxygens (including phenoxy) is 2. The number of aryl methyl sites for hydroxylation is 2. The molecule has 2 saturated heterocycles. The monoisotopic (exact) mass is 760 g/mol. The van der Waals surface area contributed by atoms with Gasteiger partial charge in [0, 0.05) is 69.8 Å². The van der Waals surface area contributed by atoms with Crippen LogP contribution < -0.4 is 18.6 Å². The summed E-state index contributed by atoms with van der Waals surface area (Å²) in [5.74, 6) is 3.56. The van der Waals surface area contributed by atoms with Gasteiger partial charge in [-0.3, -0.25) is 9.80 Å². The van der Waals surface area contributed by atoms with Crippen LogP contribution in [0.5, 0.6) is 11.5 Å². The molecule has 10 rings (SSSR count). The molecule has 4 aromatic carbocycles. The zero-order valence-corrected chi connectivity index (χ0v) is 34.1. The Bertz CT molecular complexity index is 2580. The number of pyridine rings is 2. The van der Waals surface area contributed by atoms with Gasteiger partial charge in [0.1, 0.15) is 11.5 Å². The molecule has 4 aromatic heterocycles. The lowest BCUT2D eigenvalue weighted by molar-refractivity contribution is -0.695. The van der Waals surface area contributed by atoms with E-state index in [2.05, 4.69) is 140 Å². The van der Waals surface area contributed by atoms with Crippen LogP contribution in [0.25, 0.3) is 65.2 Å². The molecule has 0 saturated carbocycles. The number of likely N-dealkylation sites (tertiary alicyclic amines) is 2. The Labute approximate surface area is 335 Å². The Morgan fingerprint density at radius 2 is 0.947 bits per heavy atom. The molecule has 0 N–H and O–H groups in total. The quantitative estimate of drug-likeness (QED) is 0.132. The molecule has 0 spiro atoms. The highest BCUT2D eigenvalue weighted by Crippen LogP contribution is 2.37. The predicted octanol–water partition coefficient (Wildman–Crippen LogP) is 8.39. The number of methoxy groups -OCH3 is 2. The summed E-state index contributed by atoms with van der Waals surface area (Å²) in [7, 11) is 7.83. The van der Waals surface area contributed by atoms with Crippen LogP contribution in [0.4, 0.5) is 0 Å². The Morgan fingerprint density at radius 3 is 1.37 bits per heavy atom. The van der Waals surface area contributed by atoms with Gasteiger partial charge >= 0.3 is 0 Å². The minimum atomic E-state index is 0.877. The first-order chi connectivity index (χ1) is 27.9. The van der Waals surface area contributed by atoms with Crippen LogP contribution in [-0.4, -0.2) is 72.4 Å². The average molecular weight is 761 g/mol. The smallest absolute Gasteiger partial charge is 0.177 e. The lowest BCUT2D eigenvalue weighted by Crippen LogP contribution is -2.44. The zero-order valence-electron chi connectivity index (χ0n) is 34.1. The van der Waals surface area contributed by atoms with E-state index in [4.69, 9.17) is 9.47 Å². The van der Waals surface area contributed by atoms with Crippen molar-refractivity contribution in [1.29, 1.82) is 0 Å². The summed E-state index contributed by atoms with van der Waals surface area (Å²) in [4.78, 5) is 5.40. The number of hydrogen-bond acceptors (Lipinski definition) is 4. The summed E-state index contributed by atoms with van der Waals surface area (Å²) in [6.45, 7) is 9.17. The molecule has 2 aliphatic rings. The maximum absolute atomic E-state index is 5.61. The predicted molar refractivity (Wildman–Crippen MR) is 232 cm³/mol. The van der Waals surface area contributed by atoms with Crippen molar-refractivity contribution >= 4 is 65.2 Å². The van der Waals surface area contributed by atoms with Gasteiger partial charge in [-0.05, 0) is 129 Å². The van der Waals surface area contributed by atoms with E-state index in [1.807, 2.05) is 0 Å². The van der Waals surface area contributed by atoms with Crippen LogP contribution in [0.15, 0.2) is 97.6 Å². The minimum absolute atomic E-state index is 0.877. The van der Waals surface area contributed by atoms with Crippen molar-refractivity contribution in [2.45, 2.75) is 45.2 Å². The third-order valence-electron chi connectivity index (χ3n) is 13.8. The van der Waals surface area contributed by atoms with Crippen LogP contribution in [0.1, 0.15) is 32.1 Å².